The molecule has 0 unspecified atom stereocenters. The lowest BCUT2D eigenvalue weighted by atomic mass is 10.0. The number of rotatable bonds is 6. The van der Waals surface area contributed by atoms with E-state index in [1.54, 1.807) is 11.8 Å². The van der Waals surface area contributed by atoms with Gasteiger partial charge in [-0.25, -0.2) is 4.98 Å². The van der Waals surface area contributed by atoms with E-state index < -0.39 is 0 Å². The molecule has 1 aromatic carbocycles. The lowest BCUT2D eigenvalue weighted by Gasteiger charge is -2.31. The quantitative estimate of drug-likeness (QED) is 0.817. The lowest BCUT2D eigenvalue weighted by molar-refractivity contribution is 0.0644. The van der Waals surface area contributed by atoms with Gasteiger partial charge in [0.2, 0.25) is 0 Å². The van der Waals surface area contributed by atoms with Crippen LogP contribution in [0.15, 0.2) is 24.3 Å². The highest BCUT2D eigenvalue weighted by atomic mass is 16.5. The van der Waals surface area contributed by atoms with Gasteiger partial charge < -0.3 is 9.64 Å². The van der Waals surface area contributed by atoms with E-state index in [1.165, 1.54) is 0 Å². The van der Waals surface area contributed by atoms with E-state index in [4.69, 9.17) is 4.74 Å². The summed E-state index contributed by atoms with van der Waals surface area (Å²) in [5.74, 6) is 1.26. The minimum atomic E-state index is -0.00338. The molecule has 0 bridgehead atoms. The van der Waals surface area contributed by atoms with Crippen molar-refractivity contribution in [3.63, 3.8) is 0 Å². The second-order valence-corrected chi connectivity index (χ2v) is 6.35. The molecular formula is C18H26N4O2. The maximum Gasteiger partial charge on any atom is 0.255 e. The molecule has 1 amide bonds. The predicted molar refractivity (Wildman–Crippen MR) is 93.6 cm³/mol. The number of aromatic nitrogens is 3. The fraction of sp³-hybridized carbons (Fsp3) is 0.500. The van der Waals surface area contributed by atoms with E-state index in [2.05, 4.69) is 10.1 Å². The van der Waals surface area contributed by atoms with Crippen molar-refractivity contribution in [2.45, 2.75) is 46.4 Å². The van der Waals surface area contributed by atoms with Crippen molar-refractivity contribution < 1.29 is 9.53 Å². The summed E-state index contributed by atoms with van der Waals surface area (Å²) in [5, 5.41) is 4.45. The number of hydrogen-bond donors (Lipinski definition) is 0. The summed E-state index contributed by atoms with van der Waals surface area (Å²) in [5.41, 5.74) is 1.36. The first-order valence-corrected chi connectivity index (χ1v) is 8.17. The molecule has 130 valence electrons. The molecule has 0 N–H and O–H groups in total. The third-order valence-corrected chi connectivity index (χ3v) is 3.87. The van der Waals surface area contributed by atoms with Gasteiger partial charge in [-0.05, 0) is 33.8 Å². The summed E-state index contributed by atoms with van der Waals surface area (Å²) in [6.07, 6.45) is 0. The highest BCUT2D eigenvalue weighted by Gasteiger charge is 2.25. The van der Waals surface area contributed by atoms with Gasteiger partial charge in [-0.15, -0.1) is 0 Å². The number of hydrogen-bond acceptors (Lipinski definition) is 4. The number of amides is 1. The fourth-order valence-corrected chi connectivity index (χ4v) is 2.85. The molecule has 2 rings (SSSR count). The maximum absolute atomic E-state index is 13.1. The molecule has 6 heteroatoms. The van der Waals surface area contributed by atoms with Crippen LogP contribution in [0, 0.1) is 0 Å². The van der Waals surface area contributed by atoms with Crippen LogP contribution in [-0.2, 0) is 18.4 Å². The summed E-state index contributed by atoms with van der Waals surface area (Å²) in [6, 6.07) is 7.72. The zero-order valence-corrected chi connectivity index (χ0v) is 15.3. The molecule has 6 nitrogen and oxygen atoms in total. The topological polar surface area (TPSA) is 60.2 Å². The molecule has 24 heavy (non-hydrogen) atoms. The Morgan fingerprint density at radius 1 is 1.21 bits per heavy atom. The Bertz CT molecular complexity index is 699. The van der Waals surface area contributed by atoms with Crippen LogP contribution >= 0.6 is 0 Å². The van der Waals surface area contributed by atoms with Gasteiger partial charge in [0.1, 0.15) is 6.61 Å². The van der Waals surface area contributed by atoms with Crippen molar-refractivity contribution in [3.05, 3.63) is 35.7 Å². The lowest BCUT2D eigenvalue weighted by Crippen LogP contribution is -2.42. The molecule has 0 aliphatic carbocycles. The van der Waals surface area contributed by atoms with E-state index >= 15 is 0 Å². The summed E-state index contributed by atoms with van der Waals surface area (Å²) in [7, 11) is 3.44. The van der Waals surface area contributed by atoms with Gasteiger partial charge in [-0.1, -0.05) is 18.2 Å². The van der Waals surface area contributed by atoms with Crippen LogP contribution in [0.4, 0.5) is 0 Å². The minimum Gasteiger partial charge on any atom is -0.377 e. The molecule has 0 aliphatic heterocycles. The number of methoxy groups -OCH3 is 1. The summed E-state index contributed by atoms with van der Waals surface area (Å²) < 4.78 is 6.82. The van der Waals surface area contributed by atoms with Gasteiger partial charge >= 0.3 is 0 Å². The number of aryl methyl sites for hydroxylation is 1. The fourth-order valence-electron chi connectivity index (χ4n) is 2.85. The SMILES string of the molecule is COCc1nc(-c2ccccc2C(=O)N(C(C)C)C(C)C)nn1C. The second-order valence-electron chi connectivity index (χ2n) is 6.35. The van der Waals surface area contributed by atoms with Crippen LogP contribution in [0.3, 0.4) is 0 Å². The molecular weight excluding hydrogens is 304 g/mol. The molecule has 0 atom stereocenters. The molecule has 1 heterocycles. The molecule has 0 fully saturated rings. The number of ether oxygens (including phenoxy) is 1. The van der Waals surface area contributed by atoms with Crippen LogP contribution < -0.4 is 0 Å². The van der Waals surface area contributed by atoms with Crippen molar-refractivity contribution >= 4 is 5.91 Å². The van der Waals surface area contributed by atoms with Crippen molar-refractivity contribution in [2.24, 2.45) is 7.05 Å². The van der Waals surface area contributed by atoms with Crippen LogP contribution in [0.1, 0.15) is 43.9 Å². The molecule has 0 saturated heterocycles. The second kappa shape index (κ2) is 7.57. The van der Waals surface area contributed by atoms with Gasteiger partial charge in [-0.2, -0.15) is 5.10 Å². The number of carbonyl (C=O) groups excluding carboxylic acids is 1. The summed E-state index contributed by atoms with van der Waals surface area (Å²) in [6.45, 7) is 8.47. The zero-order chi connectivity index (χ0) is 17.9. The molecule has 1 aromatic heterocycles. The Labute approximate surface area is 143 Å². The van der Waals surface area contributed by atoms with Crippen molar-refractivity contribution in [3.8, 4) is 11.4 Å². The van der Waals surface area contributed by atoms with Gasteiger partial charge in [0.15, 0.2) is 11.6 Å². The summed E-state index contributed by atoms with van der Waals surface area (Å²) in [4.78, 5) is 19.5. The van der Waals surface area contributed by atoms with Crippen molar-refractivity contribution in [2.75, 3.05) is 7.11 Å². The third-order valence-electron chi connectivity index (χ3n) is 3.87. The molecule has 2 aromatic rings. The Kier molecular flexibility index (Phi) is 5.72. The van der Waals surface area contributed by atoms with Crippen LogP contribution in [0.5, 0.6) is 0 Å². The number of nitrogens with zero attached hydrogens (tertiary/aromatic N) is 4. The van der Waals surface area contributed by atoms with E-state index in [0.29, 0.717) is 18.0 Å². The molecule has 0 radical (unpaired) electrons. The predicted octanol–water partition coefficient (Wildman–Crippen LogP) is 2.89. The van der Waals surface area contributed by atoms with E-state index in [1.807, 2.05) is 63.9 Å². The Morgan fingerprint density at radius 2 is 1.83 bits per heavy atom. The van der Waals surface area contributed by atoms with E-state index in [-0.39, 0.29) is 18.0 Å². The van der Waals surface area contributed by atoms with Crippen LogP contribution in [0.2, 0.25) is 0 Å². The highest BCUT2D eigenvalue weighted by Crippen LogP contribution is 2.24. The van der Waals surface area contributed by atoms with Crippen LogP contribution in [-0.4, -0.2) is 44.8 Å². The van der Waals surface area contributed by atoms with Gasteiger partial charge in [0.05, 0.1) is 5.56 Å². The van der Waals surface area contributed by atoms with Crippen molar-refractivity contribution in [1.29, 1.82) is 0 Å². The first-order valence-electron chi connectivity index (χ1n) is 8.17. The first kappa shape index (κ1) is 18.1. The normalized spacial score (nSPS) is 11.3. The monoisotopic (exact) mass is 330 g/mol. The average molecular weight is 330 g/mol. The molecule has 0 saturated carbocycles. The molecule has 0 spiro atoms. The average Bonchev–Trinajstić information content (AvgIpc) is 2.88. The largest absolute Gasteiger partial charge is 0.377 e. The summed E-state index contributed by atoms with van der Waals surface area (Å²) >= 11 is 0. The number of carbonyl (C=O) groups is 1. The van der Waals surface area contributed by atoms with Crippen LogP contribution in [0.25, 0.3) is 11.4 Å². The van der Waals surface area contributed by atoms with Gasteiger partial charge in [-0.3, -0.25) is 9.48 Å². The van der Waals surface area contributed by atoms with Crippen molar-refractivity contribution in [1.82, 2.24) is 19.7 Å². The van der Waals surface area contributed by atoms with E-state index in [9.17, 15) is 4.79 Å². The third kappa shape index (κ3) is 3.64. The smallest absolute Gasteiger partial charge is 0.255 e. The van der Waals surface area contributed by atoms with Gasteiger partial charge in [0.25, 0.3) is 5.91 Å². The minimum absolute atomic E-state index is 0.00338. The highest BCUT2D eigenvalue weighted by molar-refractivity contribution is 6.00. The Morgan fingerprint density at radius 3 is 2.42 bits per heavy atom. The standard InChI is InChI=1S/C18H26N4O2/c1-12(2)22(13(3)4)18(23)15-10-8-7-9-14(15)17-19-16(11-24-6)21(5)20-17/h7-10,12-13H,11H2,1-6H3. The van der Waals surface area contributed by atoms with E-state index in [0.717, 1.165) is 11.4 Å². The Balaban J connectivity index is 2.47. The van der Waals surface area contributed by atoms with Gasteiger partial charge in [0, 0.05) is 31.8 Å². The first-order chi connectivity index (χ1) is 11.4. The Hall–Kier alpha value is -2.21. The maximum atomic E-state index is 13.1. The molecule has 0 aliphatic rings. The zero-order valence-electron chi connectivity index (χ0n) is 15.3. The number of benzene rings is 1.